The molecule has 0 N–H and O–H groups in total. The molecule has 0 saturated carbocycles. The standard InChI is InChI=1S/C40H38N3O.C24H28GeN.Ir/c1-24(2)32-20-27(26-14-9-8-10-15-26)21-33(25(3)4)36(32)43-34-22-28(40(5,6)7)23-41-38(34)42-39(43)31-18-13-17-30-29-16-11-12-19-35(29)44-37(30)31;1-18-12-14-19(15-13-18)23-16-21(22(17-26-23)25(4,5)6)24(2,3)20-10-8-7-9-11-20;/h8-17,19-25H,1-7H3;7-14,16-17H,1-6H3;/q2*-1;/i;1D3;. The first-order valence-corrected chi connectivity index (χ1v) is 31.9. The van der Waals surface area contributed by atoms with Gasteiger partial charge in [-0.1, -0.05) is 108 Å². The van der Waals surface area contributed by atoms with Crippen LogP contribution in [-0.4, -0.2) is 32.8 Å². The summed E-state index contributed by atoms with van der Waals surface area (Å²) in [6.45, 7) is 18.2. The number of para-hydroxylation sites is 1. The third-order valence-electron chi connectivity index (χ3n) is 13.7. The molecule has 363 valence electrons. The number of aryl methyl sites for hydroxylation is 1. The fraction of sp³-hybridized carbons (Fsp3) is 0.266. The van der Waals surface area contributed by atoms with Crippen LogP contribution in [0.4, 0.5) is 0 Å². The molecule has 0 atom stereocenters. The van der Waals surface area contributed by atoms with Gasteiger partial charge in [0, 0.05) is 37.4 Å². The van der Waals surface area contributed by atoms with E-state index in [2.05, 4.69) is 193 Å². The van der Waals surface area contributed by atoms with E-state index in [-0.39, 0.29) is 42.8 Å². The Bertz CT molecular complexity index is 3570. The van der Waals surface area contributed by atoms with E-state index in [1.165, 1.54) is 49.0 Å². The van der Waals surface area contributed by atoms with Crippen molar-refractivity contribution in [3.8, 4) is 39.5 Å². The topological polar surface area (TPSA) is 56.7 Å². The van der Waals surface area contributed by atoms with E-state index in [4.69, 9.17) is 23.5 Å². The molecule has 0 bridgehead atoms. The summed E-state index contributed by atoms with van der Waals surface area (Å²) >= 11 is -2.18. The number of hydrogen-bond acceptors (Lipinski definition) is 4. The molecule has 0 amide bonds. The number of nitrogens with zero attached hydrogens (tertiary/aromatic N) is 4. The molecule has 0 aliphatic heterocycles. The van der Waals surface area contributed by atoms with Crippen LogP contribution in [0.3, 0.4) is 0 Å². The zero-order valence-electron chi connectivity index (χ0n) is 46.1. The van der Waals surface area contributed by atoms with E-state index in [0.717, 1.165) is 50.1 Å². The molecule has 7 heteroatoms. The van der Waals surface area contributed by atoms with Crippen molar-refractivity contribution >= 4 is 50.8 Å². The number of hydrogen-bond donors (Lipinski definition) is 0. The molecule has 71 heavy (non-hydrogen) atoms. The number of aromatic nitrogens is 4. The summed E-state index contributed by atoms with van der Waals surface area (Å²) in [5, 5.41) is 2.15. The van der Waals surface area contributed by atoms with E-state index >= 15 is 0 Å². The molecular weight excluding hydrogens is 1110 g/mol. The molecule has 0 aliphatic rings. The molecule has 4 heterocycles. The Morgan fingerprint density at radius 2 is 1.34 bits per heavy atom. The van der Waals surface area contributed by atoms with E-state index < -0.39 is 20.1 Å². The first-order chi connectivity index (χ1) is 34.5. The van der Waals surface area contributed by atoms with Crippen LogP contribution in [0.15, 0.2) is 156 Å². The van der Waals surface area contributed by atoms with Crippen LogP contribution >= 0.6 is 0 Å². The minimum Gasteiger partial charge on any atom is 0 e. The van der Waals surface area contributed by atoms with E-state index in [9.17, 15) is 0 Å². The molecular formula is C64H66GeIrN4O-2. The van der Waals surface area contributed by atoms with E-state index in [1.54, 1.807) is 12.1 Å². The molecule has 4 aromatic heterocycles. The predicted molar refractivity (Wildman–Crippen MR) is 298 cm³/mol. The maximum atomic E-state index is 7.56. The van der Waals surface area contributed by atoms with Gasteiger partial charge in [0.25, 0.3) is 0 Å². The first-order valence-electron chi connectivity index (χ1n) is 26.1. The maximum Gasteiger partial charge on any atom is 0 e. The van der Waals surface area contributed by atoms with Gasteiger partial charge in [-0.25, -0.2) is 4.98 Å². The number of furan rings is 1. The Hall–Kier alpha value is -5.92. The van der Waals surface area contributed by atoms with Gasteiger partial charge >= 0.3 is 165 Å². The maximum absolute atomic E-state index is 7.56. The minimum atomic E-state index is -2.18. The summed E-state index contributed by atoms with van der Waals surface area (Å²) in [7, 11) is 0. The third kappa shape index (κ3) is 10.3. The van der Waals surface area contributed by atoms with Crippen LogP contribution < -0.4 is 4.40 Å². The average Bonchev–Trinajstić information content (AvgIpc) is 3.94. The van der Waals surface area contributed by atoms with Crippen molar-refractivity contribution in [2.45, 2.75) is 109 Å². The van der Waals surface area contributed by atoms with Gasteiger partial charge in [0.15, 0.2) is 5.65 Å². The Labute approximate surface area is 442 Å². The Kier molecular flexibility index (Phi) is 13.6. The summed E-state index contributed by atoms with van der Waals surface area (Å²) in [5.41, 5.74) is 15.8. The average molecular weight is 1180 g/mol. The second-order valence-corrected chi connectivity index (χ2v) is 32.4. The van der Waals surface area contributed by atoms with Crippen LogP contribution in [0.5, 0.6) is 0 Å². The van der Waals surface area contributed by atoms with Gasteiger partial charge in [-0.15, -0.1) is 18.2 Å². The van der Waals surface area contributed by atoms with Crippen molar-refractivity contribution in [2.75, 3.05) is 0 Å². The van der Waals surface area contributed by atoms with Gasteiger partial charge in [-0.2, -0.15) is 0 Å². The molecule has 0 fully saturated rings. The van der Waals surface area contributed by atoms with Crippen LogP contribution in [0, 0.1) is 19.0 Å². The number of benzene rings is 6. The first kappa shape index (κ1) is 47.4. The zero-order valence-corrected chi connectivity index (χ0v) is 47.6. The third-order valence-corrected chi connectivity index (χ3v) is 17.9. The van der Waals surface area contributed by atoms with E-state index in [0.29, 0.717) is 11.2 Å². The molecule has 0 aliphatic carbocycles. The van der Waals surface area contributed by atoms with Crippen molar-refractivity contribution < 1.29 is 28.6 Å². The van der Waals surface area contributed by atoms with Crippen LogP contribution in [0.25, 0.3) is 72.6 Å². The number of imidazole rings is 1. The number of fused-ring (bicyclic) bond motifs is 4. The second kappa shape index (κ2) is 20.3. The van der Waals surface area contributed by atoms with Gasteiger partial charge in [0.1, 0.15) is 5.58 Å². The normalized spacial score (nSPS) is 13.0. The molecule has 0 spiro atoms. The fourth-order valence-corrected chi connectivity index (χ4v) is 13.0. The zero-order chi connectivity index (χ0) is 52.2. The van der Waals surface area contributed by atoms with Crippen LogP contribution in [0.2, 0.25) is 17.3 Å². The summed E-state index contributed by atoms with van der Waals surface area (Å²) in [5.74, 6) is 8.48. The fourth-order valence-electron chi connectivity index (χ4n) is 9.55. The Morgan fingerprint density at radius 1 is 0.676 bits per heavy atom. The van der Waals surface area contributed by atoms with E-state index in [1.807, 2.05) is 42.7 Å². The monoisotopic (exact) mass is 1180 g/mol. The SMILES string of the molecule is CC(C)c1cc(-c2ccccc2)cc(C(C)C)c1-n1c(-c2[c-]ccc3c2oc2ccccc23)nc2ncc(C(C)(C)C)cc21.[2H]C([2H])([2H])c1c[c-]c(-c2cc(C(C)(C)c3ccccc3)[c]([Ge]([CH3])([CH3])[CH3])cn2)cc1.[Ir]. The van der Waals surface area contributed by atoms with Crippen molar-refractivity contribution in [1.29, 1.82) is 0 Å². The predicted octanol–water partition coefficient (Wildman–Crippen LogP) is 16.7. The summed E-state index contributed by atoms with van der Waals surface area (Å²) < 4.78 is 32.9. The smallest absolute Gasteiger partial charge is 0 e. The summed E-state index contributed by atoms with van der Waals surface area (Å²) in [6, 6.07) is 54.4. The summed E-state index contributed by atoms with van der Waals surface area (Å²) in [4.78, 5) is 14.9. The van der Waals surface area contributed by atoms with Gasteiger partial charge in [0.2, 0.25) is 0 Å². The number of pyridine rings is 2. The molecule has 0 saturated heterocycles. The van der Waals surface area contributed by atoms with Gasteiger partial charge in [-0.3, -0.25) is 4.98 Å². The molecule has 5 nitrogen and oxygen atoms in total. The summed E-state index contributed by atoms with van der Waals surface area (Å²) in [6.07, 6.45) is 4.01. The minimum absolute atomic E-state index is 0. The molecule has 10 rings (SSSR count). The molecule has 0 unspecified atom stereocenters. The van der Waals surface area contributed by atoms with Gasteiger partial charge in [-0.05, 0) is 69.3 Å². The van der Waals surface area contributed by atoms with Gasteiger partial charge < -0.3 is 8.98 Å². The number of rotatable bonds is 9. The van der Waals surface area contributed by atoms with Crippen molar-refractivity contribution in [1.82, 2.24) is 19.5 Å². The largest absolute Gasteiger partial charge is 0 e. The van der Waals surface area contributed by atoms with Gasteiger partial charge in [0.05, 0.1) is 16.9 Å². The van der Waals surface area contributed by atoms with Crippen molar-refractivity contribution in [3.05, 3.63) is 197 Å². The molecule has 1 radical (unpaired) electrons. The quantitative estimate of drug-likeness (QED) is 0.107. The van der Waals surface area contributed by atoms with Crippen molar-refractivity contribution in [3.63, 3.8) is 0 Å². The Balaban J connectivity index is 0.000000212. The second-order valence-electron chi connectivity index (χ2n) is 21.8. The Morgan fingerprint density at radius 3 is 1.96 bits per heavy atom. The van der Waals surface area contributed by atoms with Crippen LogP contribution in [-0.2, 0) is 30.9 Å². The van der Waals surface area contributed by atoms with Crippen LogP contribution in [0.1, 0.15) is 112 Å². The molecule has 10 aromatic rings. The molecule has 6 aromatic carbocycles. The van der Waals surface area contributed by atoms with Crippen molar-refractivity contribution in [2.24, 2.45) is 0 Å².